The first kappa shape index (κ1) is 15.5. The molecule has 4 heteroatoms. The molecule has 2 heterocycles. The van der Waals surface area contributed by atoms with Crippen molar-refractivity contribution >= 4 is 27.3 Å². The van der Waals surface area contributed by atoms with Crippen molar-refractivity contribution in [1.29, 1.82) is 0 Å². The van der Waals surface area contributed by atoms with Gasteiger partial charge in [-0.05, 0) is 81.7 Å². The van der Waals surface area contributed by atoms with Gasteiger partial charge < -0.3 is 5.32 Å². The predicted molar refractivity (Wildman–Crippen MR) is 88.0 cm³/mol. The van der Waals surface area contributed by atoms with Gasteiger partial charge in [-0.1, -0.05) is 0 Å². The van der Waals surface area contributed by atoms with Crippen molar-refractivity contribution in [2.45, 2.75) is 45.7 Å². The van der Waals surface area contributed by atoms with Crippen LogP contribution in [0.15, 0.2) is 10.5 Å². The van der Waals surface area contributed by atoms with Crippen LogP contribution in [0, 0.1) is 12.8 Å². The number of likely N-dealkylation sites (tertiary alicyclic amines) is 1. The fraction of sp³-hybridized carbons (Fsp3) is 0.733. The van der Waals surface area contributed by atoms with Gasteiger partial charge in [0.2, 0.25) is 0 Å². The molecule has 2 atom stereocenters. The number of hydrogen-bond acceptors (Lipinski definition) is 3. The summed E-state index contributed by atoms with van der Waals surface area (Å²) >= 11 is 5.63. The largest absolute Gasteiger partial charge is 0.319 e. The third-order valence-electron chi connectivity index (χ3n) is 4.09. The molecule has 108 valence electrons. The molecule has 0 aromatic carbocycles. The van der Waals surface area contributed by atoms with Gasteiger partial charge in [0.1, 0.15) is 0 Å². The van der Waals surface area contributed by atoms with Crippen molar-refractivity contribution < 1.29 is 0 Å². The smallest absolute Gasteiger partial charge is 0.0484 e. The highest BCUT2D eigenvalue weighted by atomic mass is 79.9. The molecule has 1 N–H and O–H groups in total. The first-order chi connectivity index (χ1) is 9.04. The number of nitrogens with one attached hydrogen (secondary N) is 1. The third-order valence-corrected chi connectivity index (χ3v) is 6.30. The molecule has 1 saturated heterocycles. The van der Waals surface area contributed by atoms with Gasteiger partial charge in [-0.25, -0.2) is 0 Å². The van der Waals surface area contributed by atoms with Crippen LogP contribution in [0.25, 0.3) is 0 Å². The standard InChI is InChI=1S/C15H25BrN2S/c1-10(2)18-7-5-6-12(9-17-4)15(18)14-8-13(16)11(3)19-14/h8,10,12,15,17H,5-7,9H2,1-4H3. The minimum atomic E-state index is 0.580. The van der Waals surface area contributed by atoms with Gasteiger partial charge in [0.15, 0.2) is 0 Å². The van der Waals surface area contributed by atoms with Crippen molar-refractivity contribution in [3.05, 3.63) is 20.3 Å². The number of nitrogens with zero attached hydrogens (tertiary/aromatic N) is 1. The third kappa shape index (κ3) is 3.41. The molecule has 0 amide bonds. The Kier molecular flexibility index (Phi) is 5.46. The van der Waals surface area contributed by atoms with Crippen molar-refractivity contribution in [3.8, 4) is 0 Å². The summed E-state index contributed by atoms with van der Waals surface area (Å²) in [6.45, 7) is 9.20. The highest BCUT2D eigenvalue weighted by Crippen LogP contribution is 2.42. The van der Waals surface area contributed by atoms with E-state index in [0.717, 1.165) is 12.5 Å². The average Bonchev–Trinajstić information content (AvgIpc) is 2.69. The molecule has 0 aliphatic carbocycles. The van der Waals surface area contributed by atoms with Gasteiger partial charge in [-0.15, -0.1) is 11.3 Å². The lowest BCUT2D eigenvalue weighted by Crippen LogP contribution is -2.45. The molecule has 0 saturated carbocycles. The number of halogens is 1. The lowest BCUT2D eigenvalue weighted by atomic mass is 9.87. The molecule has 2 rings (SSSR count). The summed E-state index contributed by atoms with van der Waals surface area (Å²) < 4.78 is 1.27. The Balaban J connectivity index is 2.31. The molecule has 19 heavy (non-hydrogen) atoms. The average molecular weight is 345 g/mol. The Morgan fingerprint density at radius 3 is 2.79 bits per heavy atom. The van der Waals surface area contributed by atoms with E-state index in [0.29, 0.717) is 12.1 Å². The van der Waals surface area contributed by atoms with E-state index in [1.165, 1.54) is 33.6 Å². The molecule has 1 fully saturated rings. The highest BCUT2D eigenvalue weighted by molar-refractivity contribution is 9.10. The molecule has 0 radical (unpaired) electrons. The van der Waals surface area contributed by atoms with Crippen LogP contribution in [0.2, 0.25) is 0 Å². The van der Waals surface area contributed by atoms with Crippen LogP contribution < -0.4 is 5.32 Å². The van der Waals surface area contributed by atoms with E-state index in [2.05, 4.69) is 60.0 Å². The van der Waals surface area contributed by atoms with Crippen LogP contribution in [0.1, 0.15) is 42.5 Å². The Labute approximate surface area is 129 Å². The molecule has 2 unspecified atom stereocenters. The summed E-state index contributed by atoms with van der Waals surface area (Å²) in [6, 6.07) is 3.54. The first-order valence-electron chi connectivity index (χ1n) is 7.20. The maximum atomic E-state index is 3.67. The minimum Gasteiger partial charge on any atom is -0.319 e. The lowest BCUT2D eigenvalue weighted by Gasteiger charge is -2.43. The van der Waals surface area contributed by atoms with Crippen LogP contribution in [0.3, 0.4) is 0 Å². The number of hydrogen-bond donors (Lipinski definition) is 1. The van der Waals surface area contributed by atoms with Gasteiger partial charge in [0.25, 0.3) is 0 Å². The Hall–Kier alpha value is 0.1000. The molecular weight excluding hydrogens is 320 g/mol. The first-order valence-corrected chi connectivity index (χ1v) is 8.81. The van der Waals surface area contributed by atoms with Gasteiger partial charge in [-0.3, -0.25) is 4.90 Å². The number of thiophene rings is 1. The summed E-state index contributed by atoms with van der Waals surface area (Å²) in [6.07, 6.45) is 2.66. The number of aryl methyl sites for hydroxylation is 1. The maximum Gasteiger partial charge on any atom is 0.0484 e. The normalized spacial score (nSPS) is 25.2. The van der Waals surface area contributed by atoms with Crippen LogP contribution in [-0.2, 0) is 0 Å². The molecule has 1 aliphatic heterocycles. The van der Waals surface area contributed by atoms with E-state index in [9.17, 15) is 0 Å². The molecule has 2 nitrogen and oxygen atoms in total. The molecular formula is C15H25BrN2S. The van der Waals surface area contributed by atoms with Crippen LogP contribution >= 0.6 is 27.3 Å². The zero-order valence-electron chi connectivity index (χ0n) is 12.4. The Morgan fingerprint density at radius 2 is 2.26 bits per heavy atom. The van der Waals surface area contributed by atoms with Crippen molar-refractivity contribution in [3.63, 3.8) is 0 Å². The Bertz CT molecular complexity index is 395. The second-order valence-electron chi connectivity index (χ2n) is 5.79. The minimum absolute atomic E-state index is 0.580. The summed E-state index contributed by atoms with van der Waals surface area (Å²) in [5.41, 5.74) is 0. The van der Waals surface area contributed by atoms with Gasteiger partial charge >= 0.3 is 0 Å². The monoisotopic (exact) mass is 344 g/mol. The van der Waals surface area contributed by atoms with E-state index in [1.54, 1.807) is 0 Å². The SMILES string of the molecule is CNCC1CCCN(C(C)C)C1c1cc(Br)c(C)s1. The van der Waals surface area contributed by atoms with E-state index >= 15 is 0 Å². The van der Waals surface area contributed by atoms with Gasteiger partial charge in [-0.2, -0.15) is 0 Å². The van der Waals surface area contributed by atoms with Crippen molar-refractivity contribution in [2.24, 2.45) is 5.92 Å². The number of piperidine rings is 1. The molecule has 0 spiro atoms. The Morgan fingerprint density at radius 1 is 1.53 bits per heavy atom. The molecule has 1 aromatic heterocycles. The lowest BCUT2D eigenvalue weighted by molar-refractivity contribution is 0.0658. The second kappa shape index (κ2) is 6.70. The van der Waals surface area contributed by atoms with Crippen LogP contribution in [0.4, 0.5) is 0 Å². The molecule has 1 aromatic rings. The fourth-order valence-electron chi connectivity index (χ4n) is 3.18. The van der Waals surface area contributed by atoms with Crippen molar-refractivity contribution in [1.82, 2.24) is 10.2 Å². The van der Waals surface area contributed by atoms with Crippen LogP contribution in [-0.4, -0.2) is 31.1 Å². The predicted octanol–water partition coefficient (Wildman–Crippen LogP) is 4.20. The zero-order chi connectivity index (χ0) is 14.0. The fourth-order valence-corrected chi connectivity index (χ4v) is 4.96. The van der Waals surface area contributed by atoms with E-state index in [-0.39, 0.29) is 0 Å². The maximum absolute atomic E-state index is 3.67. The second-order valence-corrected chi connectivity index (χ2v) is 7.93. The summed E-state index contributed by atoms with van der Waals surface area (Å²) in [7, 11) is 2.07. The van der Waals surface area contributed by atoms with Gasteiger partial charge in [0, 0.05) is 26.3 Å². The van der Waals surface area contributed by atoms with Crippen LogP contribution in [0.5, 0.6) is 0 Å². The quantitative estimate of drug-likeness (QED) is 0.880. The highest BCUT2D eigenvalue weighted by Gasteiger charge is 2.34. The van der Waals surface area contributed by atoms with E-state index in [1.807, 2.05) is 11.3 Å². The molecule has 1 aliphatic rings. The van der Waals surface area contributed by atoms with E-state index in [4.69, 9.17) is 0 Å². The topological polar surface area (TPSA) is 15.3 Å². The van der Waals surface area contributed by atoms with Gasteiger partial charge in [0.05, 0.1) is 0 Å². The summed E-state index contributed by atoms with van der Waals surface area (Å²) in [5, 5.41) is 3.38. The van der Waals surface area contributed by atoms with E-state index < -0.39 is 0 Å². The number of rotatable bonds is 4. The summed E-state index contributed by atoms with van der Waals surface area (Å²) in [5.74, 6) is 0.728. The van der Waals surface area contributed by atoms with Crippen molar-refractivity contribution in [2.75, 3.05) is 20.1 Å². The molecule has 0 bridgehead atoms. The summed E-state index contributed by atoms with van der Waals surface area (Å²) in [4.78, 5) is 5.61. The zero-order valence-corrected chi connectivity index (χ0v) is 14.8.